The Kier molecular flexibility index (Phi) is 2.82. The first kappa shape index (κ1) is 9.92. The Hall–Kier alpha value is -1.62. The average molecular weight is 221 g/mol. The highest BCUT2D eigenvalue weighted by Crippen LogP contribution is 2.28. The first-order valence-corrected chi connectivity index (χ1v) is 5.30. The van der Waals surface area contributed by atoms with Crippen molar-refractivity contribution in [3.8, 4) is 16.5 Å². The highest BCUT2D eigenvalue weighted by Gasteiger charge is 2.05. The third kappa shape index (κ3) is 2.07. The minimum atomic E-state index is 0.618. The average Bonchev–Trinajstić information content (AvgIpc) is 2.78. The molecule has 2 heterocycles. The second-order valence-corrected chi connectivity index (χ2v) is 3.88. The van der Waals surface area contributed by atoms with Crippen LogP contribution in [0.1, 0.15) is 0 Å². The van der Waals surface area contributed by atoms with Crippen LogP contribution in [0.5, 0.6) is 5.88 Å². The summed E-state index contributed by atoms with van der Waals surface area (Å²) in [6, 6.07) is 5.68. The molecule has 0 unspecified atom stereocenters. The van der Waals surface area contributed by atoms with E-state index < -0.39 is 0 Å². The number of pyridine rings is 1. The first-order chi connectivity index (χ1) is 7.33. The zero-order chi connectivity index (χ0) is 10.7. The van der Waals surface area contributed by atoms with Crippen LogP contribution < -0.4 is 10.1 Å². The maximum Gasteiger partial charge on any atom is 0.213 e. The molecule has 0 aromatic carbocycles. The van der Waals surface area contributed by atoms with E-state index in [9.17, 15) is 0 Å². The van der Waals surface area contributed by atoms with Crippen molar-refractivity contribution in [3.05, 3.63) is 24.4 Å². The highest BCUT2D eigenvalue weighted by atomic mass is 32.1. The summed E-state index contributed by atoms with van der Waals surface area (Å²) in [6.45, 7) is 0. The van der Waals surface area contributed by atoms with E-state index in [4.69, 9.17) is 4.74 Å². The Labute approximate surface area is 92.0 Å². The van der Waals surface area contributed by atoms with Crippen LogP contribution in [-0.4, -0.2) is 24.1 Å². The molecule has 0 bridgehead atoms. The van der Waals surface area contributed by atoms with E-state index in [0.717, 1.165) is 15.7 Å². The summed E-state index contributed by atoms with van der Waals surface area (Å²) in [5.74, 6) is 0.618. The molecule has 0 aliphatic carbocycles. The molecule has 78 valence electrons. The van der Waals surface area contributed by atoms with E-state index in [0.29, 0.717) is 5.88 Å². The van der Waals surface area contributed by atoms with Gasteiger partial charge in [0.2, 0.25) is 5.88 Å². The normalized spacial score (nSPS) is 10.0. The predicted octanol–water partition coefficient (Wildman–Crippen LogP) is 2.26. The molecule has 0 spiro atoms. The van der Waals surface area contributed by atoms with Crippen molar-refractivity contribution in [1.29, 1.82) is 0 Å². The van der Waals surface area contributed by atoms with E-state index in [1.54, 1.807) is 24.6 Å². The van der Waals surface area contributed by atoms with Gasteiger partial charge in [-0.15, -0.1) is 0 Å². The van der Waals surface area contributed by atoms with Crippen molar-refractivity contribution < 1.29 is 4.74 Å². The van der Waals surface area contributed by atoms with Crippen molar-refractivity contribution in [2.24, 2.45) is 0 Å². The number of hydrogen-bond donors (Lipinski definition) is 1. The van der Waals surface area contributed by atoms with E-state index in [-0.39, 0.29) is 0 Å². The lowest BCUT2D eigenvalue weighted by Crippen LogP contribution is -1.87. The molecule has 15 heavy (non-hydrogen) atoms. The maximum absolute atomic E-state index is 5.07. The third-order valence-corrected chi connectivity index (χ3v) is 2.94. The third-order valence-electron chi connectivity index (χ3n) is 1.90. The summed E-state index contributed by atoms with van der Waals surface area (Å²) in [4.78, 5) is 9.55. The van der Waals surface area contributed by atoms with Gasteiger partial charge in [-0.25, -0.2) is 9.97 Å². The molecular weight excluding hydrogens is 210 g/mol. The van der Waals surface area contributed by atoms with Crippen LogP contribution in [0.4, 0.5) is 5.13 Å². The van der Waals surface area contributed by atoms with Gasteiger partial charge in [0.15, 0.2) is 5.13 Å². The van der Waals surface area contributed by atoms with Gasteiger partial charge in [-0.3, -0.25) is 0 Å². The monoisotopic (exact) mass is 221 g/mol. The second kappa shape index (κ2) is 4.27. The van der Waals surface area contributed by atoms with Crippen molar-refractivity contribution in [1.82, 2.24) is 9.97 Å². The van der Waals surface area contributed by atoms with E-state index in [1.807, 2.05) is 25.2 Å². The number of ether oxygens (including phenoxy) is 1. The number of nitrogens with zero attached hydrogens (tertiary/aromatic N) is 2. The Morgan fingerprint density at radius 1 is 1.40 bits per heavy atom. The van der Waals surface area contributed by atoms with Gasteiger partial charge in [0, 0.05) is 19.3 Å². The molecule has 0 fully saturated rings. The molecule has 0 saturated carbocycles. The Bertz CT molecular complexity index is 455. The van der Waals surface area contributed by atoms with Gasteiger partial charge in [-0.1, -0.05) is 17.4 Å². The minimum Gasteiger partial charge on any atom is -0.481 e. The van der Waals surface area contributed by atoms with Gasteiger partial charge in [0.05, 0.1) is 17.7 Å². The number of anilines is 1. The molecule has 4 nitrogen and oxygen atoms in total. The largest absolute Gasteiger partial charge is 0.481 e. The summed E-state index contributed by atoms with van der Waals surface area (Å²) >= 11 is 1.56. The van der Waals surface area contributed by atoms with Crippen molar-refractivity contribution >= 4 is 16.5 Å². The molecule has 2 aromatic rings. The molecular formula is C10H11N3OS. The van der Waals surface area contributed by atoms with Crippen molar-refractivity contribution in [2.45, 2.75) is 0 Å². The fraction of sp³-hybridized carbons (Fsp3) is 0.200. The van der Waals surface area contributed by atoms with Gasteiger partial charge in [0.25, 0.3) is 0 Å². The number of methoxy groups -OCH3 is 1. The van der Waals surface area contributed by atoms with E-state index in [2.05, 4.69) is 15.3 Å². The van der Waals surface area contributed by atoms with Crippen LogP contribution in [-0.2, 0) is 0 Å². The number of thiazole rings is 1. The predicted molar refractivity (Wildman–Crippen MR) is 61.4 cm³/mol. The van der Waals surface area contributed by atoms with Gasteiger partial charge < -0.3 is 10.1 Å². The summed E-state index contributed by atoms with van der Waals surface area (Å²) < 4.78 is 5.07. The molecule has 0 aliphatic heterocycles. The fourth-order valence-electron chi connectivity index (χ4n) is 1.17. The van der Waals surface area contributed by atoms with Gasteiger partial charge in [-0.2, -0.15) is 0 Å². The van der Waals surface area contributed by atoms with Crippen molar-refractivity contribution in [3.63, 3.8) is 0 Å². The van der Waals surface area contributed by atoms with Gasteiger partial charge in [-0.05, 0) is 6.07 Å². The molecule has 2 aromatic heterocycles. The van der Waals surface area contributed by atoms with Crippen LogP contribution >= 0.6 is 11.3 Å². The Morgan fingerprint density at radius 3 is 2.93 bits per heavy atom. The van der Waals surface area contributed by atoms with Crippen LogP contribution in [0.15, 0.2) is 24.4 Å². The summed E-state index contributed by atoms with van der Waals surface area (Å²) in [5, 5.41) is 3.88. The van der Waals surface area contributed by atoms with Crippen molar-refractivity contribution in [2.75, 3.05) is 19.5 Å². The number of hydrogen-bond acceptors (Lipinski definition) is 5. The lowest BCUT2D eigenvalue weighted by molar-refractivity contribution is 0.398. The van der Waals surface area contributed by atoms with Crippen LogP contribution in [0, 0.1) is 0 Å². The van der Waals surface area contributed by atoms with Crippen LogP contribution in [0.25, 0.3) is 10.6 Å². The zero-order valence-corrected chi connectivity index (χ0v) is 9.34. The molecule has 0 atom stereocenters. The lowest BCUT2D eigenvalue weighted by atomic mass is 10.3. The first-order valence-electron chi connectivity index (χ1n) is 4.48. The SMILES string of the molecule is CNc1ncc(-c2cccc(OC)n2)s1. The summed E-state index contributed by atoms with van der Waals surface area (Å²) in [6.07, 6.45) is 1.80. The molecule has 0 saturated heterocycles. The molecule has 1 N–H and O–H groups in total. The quantitative estimate of drug-likeness (QED) is 0.863. The Balaban J connectivity index is 2.35. The Morgan fingerprint density at radius 2 is 2.27 bits per heavy atom. The van der Waals surface area contributed by atoms with Crippen LogP contribution in [0.3, 0.4) is 0 Å². The van der Waals surface area contributed by atoms with Gasteiger partial charge in [0.1, 0.15) is 0 Å². The van der Waals surface area contributed by atoms with E-state index >= 15 is 0 Å². The zero-order valence-electron chi connectivity index (χ0n) is 8.52. The van der Waals surface area contributed by atoms with Crippen LogP contribution in [0.2, 0.25) is 0 Å². The van der Waals surface area contributed by atoms with Gasteiger partial charge >= 0.3 is 0 Å². The summed E-state index contributed by atoms with van der Waals surface area (Å²) in [5.41, 5.74) is 0.883. The molecule has 5 heteroatoms. The fourth-order valence-corrected chi connectivity index (χ4v) is 1.91. The standard InChI is InChI=1S/C10H11N3OS/c1-11-10-12-6-8(15-10)7-4-3-5-9(13-7)14-2/h3-6H,1-2H3,(H,11,12). The highest BCUT2D eigenvalue weighted by molar-refractivity contribution is 7.18. The lowest BCUT2D eigenvalue weighted by Gasteiger charge is -1.99. The molecule has 0 aliphatic rings. The molecule has 0 amide bonds. The second-order valence-electron chi connectivity index (χ2n) is 2.84. The maximum atomic E-state index is 5.07. The number of aromatic nitrogens is 2. The number of rotatable bonds is 3. The molecule has 0 radical (unpaired) electrons. The number of nitrogens with one attached hydrogen (secondary N) is 1. The smallest absolute Gasteiger partial charge is 0.213 e. The minimum absolute atomic E-state index is 0.618. The molecule has 2 rings (SSSR count). The topological polar surface area (TPSA) is 47.0 Å². The summed E-state index contributed by atoms with van der Waals surface area (Å²) in [7, 11) is 3.46. The van der Waals surface area contributed by atoms with E-state index in [1.165, 1.54) is 0 Å².